The van der Waals surface area contributed by atoms with Gasteiger partial charge in [0.25, 0.3) is 5.56 Å². The van der Waals surface area contributed by atoms with Crippen LogP contribution in [-0.4, -0.2) is 16.2 Å². The van der Waals surface area contributed by atoms with Gasteiger partial charge < -0.3 is 0 Å². The molecule has 98 valence electrons. The Morgan fingerprint density at radius 1 is 1.37 bits per heavy atom. The SMILES string of the molecule is Cc1cc(=O)[nH]c(N/N=C\CCc2ccccc2)n1. The molecule has 2 aromatic rings. The molecule has 5 heteroatoms. The summed E-state index contributed by atoms with van der Waals surface area (Å²) in [5.41, 5.74) is 4.46. The van der Waals surface area contributed by atoms with Crippen molar-refractivity contribution in [3.8, 4) is 0 Å². The Morgan fingerprint density at radius 2 is 2.16 bits per heavy atom. The molecule has 0 fully saturated rings. The largest absolute Gasteiger partial charge is 0.291 e. The molecule has 1 aromatic carbocycles. The summed E-state index contributed by atoms with van der Waals surface area (Å²) >= 11 is 0. The van der Waals surface area contributed by atoms with Crippen molar-refractivity contribution in [1.29, 1.82) is 0 Å². The van der Waals surface area contributed by atoms with Gasteiger partial charge in [-0.25, -0.2) is 10.4 Å². The van der Waals surface area contributed by atoms with Crippen molar-refractivity contribution in [2.75, 3.05) is 5.43 Å². The van der Waals surface area contributed by atoms with E-state index in [2.05, 4.69) is 32.6 Å². The maximum absolute atomic E-state index is 11.2. The Bertz CT molecular complexity index is 604. The second-order valence-electron chi connectivity index (χ2n) is 4.18. The first kappa shape index (κ1) is 13.0. The van der Waals surface area contributed by atoms with Gasteiger partial charge in [0, 0.05) is 18.0 Å². The summed E-state index contributed by atoms with van der Waals surface area (Å²) in [6.07, 6.45) is 3.53. The number of aryl methyl sites for hydroxylation is 2. The molecule has 5 nitrogen and oxygen atoms in total. The van der Waals surface area contributed by atoms with Crippen LogP contribution in [0.2, 0.25) is 0 Å². The maximum Gasteiger partial charge on any atom is 0.252 e. The van der Waals surface area contributed by atoms with Crippen molar-refractivity contribution in [2.45, 2.75) is 19.8 Å². The summed E-state index contributed by atoms with van der Waals surface area (Å²) in [6.45, 7) is 1.76. The van der Waals surface area contributed by atoms with Crippen molar-refractivity contribution < 1.29 is 0 Å². The van der Waals surface area contributed by atoms with Gasteiger partial charge in [-0.1, -0.05) is 30.3 Å². The lowest BCUT2D eigenvalue weighted by molar-refractivity contribution is 1.02. The predicted molar refractivity (Wildman–Crippen MR) is 76.5 cm³/mol. The van der Waals surface area contributed by atoms with E-state index in [1.54, 1.807) is 13.1 Å². The molecule has 0 unspecified atom stereocenters. The van der Waals surface area contributed by atoms with E-state index in [-0.39, 0.29) is 5.56 Å². The molecule has 0 aliphatic heterocycles. The number of nitrogens with zero attached hydrogens (tertiary/aromatic N) is 2. The van der Waals surface area contributed by atoms with Crippen LogP contribution in [0.3, 0.4) is 0 Å². The second kappa shape index (κ2) is 6.49. The van der Waals surface area contributed by atoms with Gasteiger partial charge in [-0.2, -0.15) is 5.10 Å². The van der Waals surface area contributed by atoms with Crippen LogP contribution in [0.4, 0.5) is 5.95 Å². The average Bonchev–Trinajstić information content (AvgIpc) is 2.38. The van der Waals surface area contributed by atoms with E-state index >= 15 is 0 Å². The minimum absolute atomic E-state index is 0.186. The van der Waals surface area contributed by atoms with Crippen LogP contribution in [-0.2, 0) is 6.42 Å². The lowest BCUT2D eigenvalue weighted by atomic mass is 10.1. The van der Waals surface area contributed by atoms with Crippen molar-refractivity contribution in [3.05, 3.63) is 58.0 Å². The highest BCUT2D eigenvalue weighted by atomic mass is 16.1. The molecule has 2 N–H and O–H groups in total. The number of H-pyrrole nitrogens is 1. The third-order valence-electron chi connectivity index (χ3n) is 2.54. The lowest BCUT2D eigenvalue weighted by Gasteiger charge is -2.00. The van der Waals surface area contributed by atoms with Gasteiger partial charge in [0.1, 0.15) is 0 Å². The molecule has 1 aromatic heterocycles. The summed E-state index contributed by atoms with van der Waals surface area (Å²) in [5, 5.41) is 4.03. The van der Waals surface area contributed by atoms with Gasteiger partial charge in [0.05, 0.1) is 0 Å². The molecular formula is C14H16N4O. The molecule has 0 aliphatic carbocycles. The smallest absolute Gasteiger partial charge is 0.252 e. The second-order valence-corrected chi connectivity index (χ2v) is 4.18. The number of hydrazone groups is 1. The highest BCUT2D eigenvalue weighted by Gasteiger charge is 1.95. The fourth-order valence-electron chi connectivity index (χ4n) is 1.68. The van der Waals surface area contributed by atoms with Crippen molar-refractivity contribution in [1.82, 2.24) is 9.97 Å². The van der Waals surface area contributed by atoms with Crippen molar-refractivity contribution in [2.24, 2.45) is 5.10 Å². The van der Waals surface area contributed by atoms with Gasteiger partial charge in [-0.3, -0.25) is 9.78 Å². The number of anilines is 1. The molecule has 1 heterocycles. The van der Waals surface area contributed by atoms with E-state index in [9.17, 15) is 4.79 Å². The molecule has 0 bridgehead atoms. The van der Waals surface area contributed by atoms with E-state index in [0.717, 1.165) is 12.8 Å². The predicted octanol–water partition coefficient (Wildman–Crippen LogP) is 2.11. The molecule has 0 spiro atoms. The lowest BCUT2D eigenvalue weighted by Crippen LogP contribution is -2.10. The maximum atomic E-state index is 11.2. The van der Waals surface area contributed by atoms with Gasteiger partial charge in [0.15, 0.2) is 0 Å². The summed E-state index contributed by atoms with van der Waals surface area (Å²) in [4.78, 5) is 17.9. The van der Waals surface area contributed by atoms with E-state index in [1.165, 1.54) is 11.6 Å². The van der Waals surface area contributed by atoms with E-state index in [0.29, 0.717) is 11.6 Å². The first-order valence-corrected chi connectivity index (χ1v) is 6.13. The summed E-state index contributed by atoms with van der Waals surface area (Å²) < 4.78 is 0. The Balaban J connectivity index is 1.82. The van der Waals surface area contributed by atoms with Crippen LogP contribution in [0.15, 0.2) is 46.3 Å². The molecule has 0 atom stereocenters. The van der Waals surface area contributed by atoms with Crippen molar-refractivity contribution >= 4 is 12.2 Å². The molecule has 0 aliphatic rings. The number of aromatic amines is 1. The minimum Gasteiger partial charge on any atom is -0.291 e. The van der Waals surface area contributed by atoms with Gasteiger partial charge in [-0.15, -0.1) is 0 Å². The molecular weight excluding hydrogens is 240 g/mol. The third kappa shape index (κ3) is 4.39. The zero-order valence-corrected chi connectivity index (χ0v) is 10.8. The molecule has 0 saturated heterocycles. The number of nitrogens with one attached hydrogen (secondary N) is 2. The van der Waals surface area contributed by atoms with Crippen LogP contribution >= 0.6 is 0 Å². The van der Waals surface area contributed by atoms with Gasteiger partial charge >= 0.3 is 0 Å². The van der Waals surface area contributed by atoms with E-state index < -0.39 is 0 Å². The Hall–Kier alpha value is -2.43. The standard InChI is InChI=1S/C14H16N4O/c1-11-10-13(19)17-14(16-11)18-15-9-5-8-12-6-3-2-4-7-12/h2-4,6-7,9-10H,5,8H2,1H3,(H2,16,17,18,19)/b15-9-. The van der Waals surface area contributed by atoms with Crippen LogP contribution < -0.4 is 11.0 Å². The third-order valence-corrected chi connectivity index (χ3v) is 2.54. The Kier molecular flexibility index (Phi) is 4.44. The normalized spacial score (nSPS) is 10.8. The Morgan fingerprint density at radius 3 is 2.89 bits per heavy atom. The van der Waals surface area contributed by atoms with Gasteiger partial charge in [0.2, 0.25) is 5.95 Å². The van der Waals surface area contributed by atoms with Crippen LogP contribution in [0.1, 0.15) is 17.7 Å². The average molecular weight is 256 g/mol. The van der Waals surface area contributed by atoms with Crippen LogP contribution in [0.25, 0.3) is 0 Å². The molecule has 0 saturated carbocycles. The molecule has 2 rings (SSSR count). The van der Waals surface area contributed by atoms with Gasteiger partial charge in [-0.05, 0) is 25.3 Å². The fraction of sp³-hybridized carbons (Fsp3) is 0.214. The van der Waals surface area contributed by atoms with Crippen LogP contribution in [0.5, 0.6) is 0 Å². The topological polar surface area (TPSA) is 70.1 Å². The first-order chi connectivity index (χ1) is 9.24. The Labute approximate surface area is 111 Å². The summed E-state index contributed by atoms with van der Waals surface area (Å²) in [6, 6.07) is 11.6. The first-order valence-electron chi connectivity index (χ1n) is 6.13. The summed E-state index contributed by atoms with van der Waals surface area (Å²) in [7, 11) is 0. The fourth-order valence-corrected chi connectivity index (χ4v) is 1.68. The summed E-state index contributed by atoms with van der Waals surface area (Å²) in [5.74, 6) is 0.362. The number of hydrogen-bond donors (Lipinski definition) is 2. The monoisotopic (exact) mass is 256 g/mol. The molecule has 19 heavy (non-hydrogen) atoms. The molecule has 0 amide bonds. The van der Waals surface area contributed by atoms with E-state index in [1.807, 2.05) is 18.2 Å². The van der Waals surface area contributed by atoms with Crippen LogP contribution in [0, 0.1) is 6.92 Å². The number of rotatable bonds is 5. The highest BCUT2D eigenvalue weighted by molar-refractivity contribution is 5.58. The number of benzene rings is 1. The zero-order chi connectivity index (χ0) is 13.5. The van der Waals surface area contributed by atoms with E-state index in [4.69, 9.17) is 0 Å². The molecule has 0 radical (unpaired) electrons. The minimum atomic E-state index is -0.186. The quantitative estimate of drug-likeness (QED) is 0.636. The zero-order valence-electron chi connectivity index (χ0n) is 10.8. The highest BCUT2D eigenvalue weighted by Crippen LogP contribution is 2.01. The number of hydrogen-bond acceptors (Lipinski definition) is 4. The van der Waals surface area contributed by atoms with Crippen molar-refractivity contribution in [3.63, 3.8) is 0 Å². The number of aromatic nitrogens is 2.